The van der Waals surface area contributed by atoms with Gasteiger partial charge in [-0.15, -0.1) is 0 Å². The Morgan fingerprint density at radius 3 is 2.52 bits per heavy atom. The molecule has 0 aromatic rings. The van der Waals surface area contributed by atoms with Gasteiger partial charge in [0.2, 0.25) is 0 Å². The van der Waals surface area contributed by atoms with Gasteiger partial charge in [-0.1, -0.05) is 27.2 Å². The summed E-state index contributed by atoms with van der Waals surface area (Å²) in [6.07, 6.45) is 8.32. The summed E-state index contributed by atoms with van der Waals surface area (Å²) in [6, 6.07) is 0.686. The smallest absolute Gasteiger partial charge is 0.0595 e. The van der Waals surface area contributed by atoms with Crippen molar-refractivity contribution in [1.29, 1.82) is 0 Å². The first-order valence-corrected chi connectivity index (χ1v) is 9.05. The molecule has 1 aliphatic heterocycles. The molecule has 3 heteroatoms. The number of rotatable bonds is 6. The van der Waals surface area contributed by atoms with Crippen molar-refractivity contribution in [2.45, 2.75) is 71.4 Å². The summed E-state index contributed by atoms with van der Waals surface area (Å²) in [4.78, 5) is 2.68. The van der Waals surface area contributed by atoms with E-state index in [0.29, 0.717) is 17.6 Å². The molecule has 2 aliphatic rings. The predicted molar refractivity (Wildman–Crippen MR) is 89.7 cm³/mol. The average molecular weight is 296 g/mol. The van der Waals surface area contributed by atoms with Crippen molar-refractivity contribution in [1.82, 2.24) is 10.2 Å². The number of piperidine rings is 1. The zero-order valence-electron chi connectivity index (χ0n) is 14.7. The summed E-state index contributed by atoms with van der Waals surface area (Å²) in [6.45, 7) is 12.1. The highest BCUT2D eigenvalue weighted by Crippen LogP contribution is 2.39. The molecule has 0 bridgehead atoms. The lowest BCUT2D eigenvalue weighted by atomic mass is 9.67. The third-order valence-electron chi connectivity index (χ3n) is 5.68. The lowest BCUT2D eigenvalue weighted by Crippen LogP contribution is -2.53. The van der Waals surface area contributed by atoms with Crippen LogP contribution in [-0.4, -0.2) is 50.3 Å². The number of nitrogens with zero attached hydrogens (tertiary/aromatic N) is 1. The monoisotopic (exact) mass is 296 g/mol. The maximum Gasteiger partial charge on any atom is 0.0595 e. The Hall–Kier alpha value is -0.120. The highest BCUT2D eigenvalue weighted by molar-refractivity contribution is 4.94. The van der Waals surface area contributed by atoms with Gasteiger partial charge in [0.1, 0.15) is 0 Å². The van der Waals surface area contributed by atoms with Crippen molar-refractivity contribution < 1.29 is 4.74 Å². The summed E-state index contributed by atoms with van der Waals surface area (Å²) in [7, 11) is 1.86. The maximum atomic E-state index is 5.50. The van der Waals surface area contributed by atoms with Gasteiger partial charge in [-0.25, -0.2) is 0 Å². The molecule has 0 amide bonds. The third kappa shape index (κ3) is 4.67. The Morgan fingerprint density at radius 2 is 1.90 bits per heavy atom. The second-order valence-electron chi connectivity index (χ2n) is 7.81. The van der Waals surface area contributed by atoms with E-state index >= 15 is 0 Å². The van der Waals surface area contributed by atoms with Gasteiger partial charge in [0.05, 0.1) is 6.10 Å². The molecular formula is C18H36N2O. The van der Waals surface area contributed by atoms with Gasteiger partial charge in [-0.05, 0) is 50.0 Å². The molecule has 1 saturated heterocycles. The Kier molecular flexibility index (Phi) is 6.51. The topological polar surface area (TPSA) is 24.5 Å². The number of likely N-dealkylation sites (tertiary alicyclic amines) is 1. The van der Waals surface area contributed by atoms with Crippen molar-refractivity contribution in [3.05, 3.63) is 0 Å². The fourth-order valence-electron chi connectivity index (χ4n) is 4.38. The largest absolute Gasteiger partial charge is 0.381 e. The van der Waals surface area contributed by atoms with Crippen molar-refractivity contribution in [2.24, 2.45) is 11.3 Å². The SMILES string of the molecule is CCCNC1C(CN2CCC(OC)CC2)CCCC1(C)C. The molecule has 0 aromatic heterocycles. The summed E-state index contributed by atoms with van der Waals surface area (Å²) in [5.74, 6) is 0.819. The fraction of sp³-hybridized carbons (Fsp3) is 1.00. The van der Waals surface area contributed by atoms with E-state index in [1.807, 2.05) is 7.11 Å². The third-order valence-corrected chi connectivity index (χ3v) is 5.68. The van der Waals surface area contributed by atoms with Crippen LogP contribution in [0.2, 0.25) is 0 Å². The number of methoxy groups -OCH3 is 1. The highest BCUT2D eigenvalue weighted by atomic mass is 16.5. The van der Waals surface area contributed by atoms with Gasteiger partial charge in [-0.3, -0.25) is 0 Å². The molecule has 1 saturated carbocycles. The molecular weight excluding hydrogens is 260 g/mol. The number of ether oxygens (including phenoxy) is 1. The van der Waals surface area contributed by atoms with Crippen LogP contribution in [0.25, 0.3) is 0 Å². The van der Waals surface area contributed by atoms with E-state index in [1.165, 1.54) is 58.2 Å². The second-order valence-corrected chi connectivity index (χ2v) is 7.81. The molecule has 2 atom stereocenters. The van der Waals surface area contributed by atoms with E-state index in [4.69, 9.17) is 4.74 Å². The summed E-state index contributed by atoms with van der Waals surface area (Å²) >= 11 is 0. The molecule has 0 radical (unpaired) electrons. The van der Waals surface area contributed by atoms with E-state index in [1.54, 1.807) is 0 Å². The lowest BCUT2D eigenvalue weighted by molar-refractivity contribution is 0.0218. The summed E-state index contributed by atoms with van der Waals surface area (Å²) < 4.78 is 5.50. The second kappa shape index (κ2) is 7.94. The van der Waals surface area contributed by atoms with E-state index in [9.17, 15) is 0 Å². The van der Waals surface area contributed by atoms with Crippen LogP contribution in [0.5, 0.6) is 0 Å². The molecule has 2 fully saturated rings. The first-order chi connectivity index (χ1) is 10.1. The maximum absolute atomic E-state index is 5.50. The zero-order chi connectivity index (χ0) is 15.3. The van der Waals surface area contributed by atoms with Crippen molar-refractivity contribution in [3.8, 4) is 0 Å². The van der Waals surface area contributed by atoms with Gasteiger partial charge < -0.3 is 15.0 Å². The molecule has 2 unspecified atom stereocenters. The molecule has 124 valence electrons. The normalized spacial score (nSPS) is 31.4. The first kappa shape index (κ1) is 17.2. The number of hydrogen-bond acceptors (Lipinski definition) is 3. The van der Waals surface area contributed by atoms with Crippen molar-refractivity contribution in [3.63, 3.8) is 0 Å². The minimum absolute atomic E-state index is 0.447. The minimum Gasteiger partial charge on any atom is -0.381 e. The van der Waals surface area contributed by atoms with Crippen LogP contribution in [-0.2, 0) is 4.74 Å². The number of nitrogens with one attached hydrogen (secondary N) is 1. The first-order valence-electron chi connectivity index (χ1n) is 9.05. The minimum atomic E-state index is 0.447. The molecule has 0 aromatic carbocycles. The van der Waals surface area contributed by atoms with Crippen LogP contribution in [0.4, 0.5) is 0 Å². The van der Waals surface area contributed by atoms with Crippen LogP contribution in [0.15, 0.2) is 0 Å². The van der Waals surface area contributed by atoms with E-state index in [2.05, 4.69) is 31.0 Å². The molecule has 21 heavy (non-hydrogen) atoms. The van der Waals surface area contributed by atoms with Crippen molar-refractivity contribution >= 4 is 0 Å². The van der Waals surface area contributed by atoms with E-state index < -0.39 is 0 Å². The Labute approximate surface area is 131 Å². The number of hydrogen-bond donors (Lipinski definition) is 1. The lowest BCUT2D eigenvalue weighted by Gasteiger charge is -2.47. The average Bonchev–Trinajstić information content (AvgIpc) is 2.47. The molecule has 1 aliphatic carbocycles. The van der Waals surface area contributed by atoms with Crippen LogP contribution in [0.1, 0.15) is 59.3 Å². The van der Waals surface area contributed by atoms with Crippen LogP contribution in [0, 0.1) is 11.3 Å². The molecule has 2 rings (SSSR count). The van der Waals surface area contributed by atoms with Gasteiger partial charge in [0.15, 0.2) is 0 Å². The van der Waals surface area contributed by atoms with Gasteiger partial charge in [-0.2, -0.15) is 0 Å². The summed E-state index contributed by atoms with van der Waals surface area (Å²) in [5, 5.41) is 3.87. The highest BCUT2D eigenvalue weighted by Gasteiger charge is 2.39. The van der Waals surface area contributed by atoms with Crippen LogP contribution < -0.4 is 5.32 Å². The standard InChI is InChI=1S/C18H36N2O/c1-5-11-19-17-15(7-6-10-18(17,2)3)14-20-12-8-16(21-4)9-13-20/h15-17,19H,5-14H2,1-4H3. The summed E-state index contributed by atoms with van der Waals surface area (Å²) in [5.41, 5.74) is 0.447. The fourth-order valence-corrected chi connectivity index (χ4v) is 4.38. The van der Waals surface area contributed by atoms with E-state index in [-0.39, 0.29) is 0 Å². The Morgan fingerprint density at radius 1 is 1.19 bits per heavy atom. The van der Waals surface area contributed by atoms with Crippen molar-refractivity contribution in [2.75, 3.05) is 33.3 Å². The van der Waals surface area contributed by atoms with Crippen LogP contribution >= 0.6 is 0 Å². The molecule has 1 heterocycles. The van der Waals surface area contributed by atoms with Gasteiger partial charge in [0, 0.05) is 32.8 Å². The Bertz CT molecular complexity index is 298. The quantitative estimate of drug-likeness (QED) is 0.814. The predicted octanol–water partition coefficient (Wildman–Crippen LogP) is 3.29. The van der Waals surface area contributed by atoms with Gasteiger partial charge >= 0.3 is 0 Å². The molecule has 0 spiro atoms. The van der Waals surface area contributed by atoms with E-state index in [0.717, 1.165) is 12.5 Å². The molecule has 3 nitrogen and oxygen atoms in total. The Balaban J connectivity index is 1.90. The van der Waals surface area contributed by atoms with Gasteiger partial charge in [0.25, 0.3) is 0 Å². The van der Waals surface area contributed by atoms with Crippen LogP contribution in [0.3, 0.4) is 0 Å². The molecule has 1 N–H and O–H groups in total. The zero-order valence-corrected chi connectivity index (χ0v) is 14.7.